The van der Waals surface area contributed by atoms with E-state index in [0.717, 1.165) is 34.9 Å². The van der Waals surface area contributed by atoms with Crippen LogP contribution >= 0.6 is 0 Å². The Morgan fingerprint density at radius 3 is 2.35 bits per heavy atom. The number of nitrogens with one attached hydrogen (secondary N) is 2. The highest BCUT2D eigenvalue weighted by Gasteiger charge is 2.76. The van der Waals surface area contributed by atoms with Gasteiger partial charge < -0.3 is 9.88 Å². The minimum atomic E-state index is -1.16. The molecule has 2 fully saturated rings. The minimum absolute atomic E-state index is 0.171. The number of carbonyl (C=O) groups is 2. The zero-order valence-electron chi connectivity index (χ0n) is 21.8. The molecule has 37 heavy (non-hydrogen) atoms. The Labute approximate surface area is 216 Å². The van der Waals surface area contributed by atoms with Crippen LogP contribution < -0.4 is 10.7 Å². The summed E-state index contributed by atoms with van der Waals surface area (Å²) >= 11 is 0. The van der Waals surface area contributed by atoms with Crippen molar-refractivity contribution in [2.75, 3.05) is 10.7 Å². The molecule has 2 aliphatic carbocycles. The van der Waals surface area contributed by atoms with E-state index in [4.69, 9.17) is 0 Å². The van der Waals surface area contributed by atoms with Crippen LogP contribution in [0.25, 0.3) is 21.8 Å². The maximum Gasteiger partial charge on any atom is 0.239 e. The molecule has 2 N–H and O–H groups in total. The first-order valence-corrected chi connectivity index (χ1v) is 13.0. The zero-order chi connectivity index (χ0) is 26.0. The quantitative estimate of drug-likeness (QED) is 0.243. The van der Waals surface area contributed by atoms with Crippen LogP contribution in [0.3, 0.4) is 0 Å². The summed E-state index contributed by atoms with van der Waals surface area (Å²) in [7, 11) is 0. The Morgan fingerprint density at radius 2 is 1.59 bits per heavy atom. The summed E-state index contributed by atoms with van der Waals surface area (Å²) in [6, 6.07) is 23.9. The number of Topliss-reactive ketones (excluding diaryl/α,β-unsaturated/α-hetero) is 1. The van der Waals surface area contributed by atoms with Crippen LogP contribution in [0.2, 0.25) is 0 Å². The molecule has 1 amide bonds. The number of ketones is 1. The molecule has 4 aromatic rings. The van der Waals surface area contributed by atoms with Crippen molar-refractivity contribution in [3.63, 3.8) is 0 Å². The highest BCUT2D eigenvalue weighted by molar-refractivity contribution is 6.51. The molecule has 6 nitrogen and oxygen atoms in total. The van der Waals surface area contributed by atoms with Gasteiger partial charge in [-0.1, -0.05) is 57.2 Å². The molecule has 1 heterocycles. The molecule has 6 heteroatoms. The molecule has 2 saturated carbocycles. The SMILES string of the molecule is CCn1c2ccccc2c2cc(NC(=O)C34CCC(C)(C(=NNc5ccccc5)C3=O)C4(C)C)ccc21. The number of benzene rings is 3. The van der Waals surface area contributed by atoms with E-state index < -0.39 is 16.2 Å². The number of para-hydroxylation sites is 2. The van der Waals surface area contributed by atoms with Gasteiger partial charge in [0.1, 0.15) is 11.1 Å². The van der Waals surface area contributed by atoms with E-state index in [1.54, 1.807) is 0 Å². The number of aromatic nitrogens is 1. The maximum atomic E-state index is 14.0. The molecule has 2 aliphatic rings. The molecule has 3 aromatic carbocycles. The van der Waals surface area contributed by atoms with Crippen LogP contribution in [0.1, 0.15) is 40.5 Å². The highest BCUT2D eigenvalue weighted by atomic mass is 16.2. The van der Waals surface area contributed by atoms with Crippen molar-refractivity contribution >= 4 is 50.6 Å². The van der Waals surface area contributed by atoms with Gasteiger partial charge in [0.2, 0.25) is 5.91 Å². The minimum Gasteiger partial charge on any atom is -0.341 e. The number of nitrogens with zero attached hydrogens (tertiary/aromatic N) is 2. The number of amides is 1. The molecular formula is C31H32N4O2. The summed E-state index contributed by atoms with van der Waals surface area (Å²) in [5, 5.41) is 9.97. The maximum absolute atomic E-state index is 14.0. The van der Waals surface area contributed by atoms with E-state index in [1.807, 2.05) is 68.4 Å². The van der Waals surface area contributed by atoms with Crippen LogP contribution in [0, 0.1) is 16.2 Å². The predicted molar refractivity (Wildman–Crippen MR) is 150 cm³/mol. The number of rotatable bonds is 5. The van der Waals surface area contributed by atoms with E-state index in [-0.39, 0.29) is 11.7 Å². The molecule has 0 spiro atoms. The van der Waals surface area contributed by atoms with Crippen molar-refractivity contribution < 1.29 is 9.59 Å². The fourth-order valence-electron chi connectivity index (χ4n) is 6.82. The topological polar surface area (TPSA) is 75.5 Å². The third-order valence-electron chi connectivity index (χ3n) is 9.38. The molecule has 0 radical (unpaired) electrons. The summed E-state index contributed by atoms with van der Waals surface area (Å²) in [6.45, 7) is 9.15. The number of fused-ring (bicyclic) bond motifs is 5. The van der Waals surface area contributed by atoms with Crippen molar-refractivity contribution in [2.45, 2.75) is 47.1 Å². The normalized spacial score (nSPS) is 25.3. The standard InChI is InChI=1S/C31H32N4O2/c1-5-35-24-14-10-9-13-22(24)23-19-21(15-16-25(23)35)32-28(37)31-18-17-30(4,29(31,2)3)26(27(31)36)34-33-20-11-7-6-8-12-20/h6-16,19,33H,5,17-18H2,1-4H3,(H,32,37). The largest absolute Gasteiger partial charge is 0.341 e. The van der Waals surface area contributed by atoms with Gasteiger partial charge >= 0.3 is 0 Å². The smallest absolute Gasteiger partial charge is 0.239 e. The summed E-state index contributed by atoms with van der Waals surface area (Å²) in [6.07, 6.45) is 1.25. The number of hydrazone groups is 1. The van der Waals surface area contributed by atoms with Gasteiger partial charge in [-0.25, -0.2) is 0 Å². The van der Waals surface area contributed by atoms with Gasteiger partial charge in [0, 0.05) is 39.5 Å². The number of carbonyl (C=O) groups excluding carboxylic acids is 2. The van der Waals surface area contributed by atoms with Crippen molar-refractivity contribution in [3.8, 4) is 0 Å². The van der Waals surface area contributed by atoms with Gasteiger partial charge in [-0.05, 0) is 61.6 Å². The van der Waals surface area contributed by atoms with E-state index in [0.29, 0.717) is 17.8 Å². The van der Waals surface area contributed by atoms with Gasteiger partial charge in [-0.2, -0.15) is 5.10 Å². The molecule has 2 atom stereocenters. The average molecular weight is 493 g/mol. The fourth-order valence-corrected chi connectivity index (χ4v) is 6.82. The summed E-state index contributed by atoms with van der Waals surface area (Å²) in [4.78, 5) is 28.0. The van der Waals surface area contributed by atoms with Gasteiger partial charge in [0.25, 0.3) is 0 Å². The first kappa shape index (κ1) is 23.5. The van der Waals surface area contributed by atoms with Crippen LogP contribution in [-0.2, 0) is 16.1 Å². The number of hydrogen-bond acceptors (Lipinski definition) is 4. The predicted octanol–water partition coefficient (Wildman–Crippen LogP) is 6.62. The van der Waals surface area contributed by atoms with Crippen LogP contribution in [-0.4, -0.2) is 22.0 Å². The average Bonchev–Trinajstić information content (AvgIpc) is 3.37. The molecule has 0 saturated heterocycles. The van der Waals surface area contributed by atoms with Crippen molar-refractivity contribution in [1.82, 2.24) is 4.57 Å². The Morgan fingerprint density at radius 1 is 0.892 bits per heavy atom. The van der Waals surface area contributed by atoms with E-state index in [9.17, 15) is 9.59 Å². The molecule has 0 aliphatic heterocycles. The second kappa shape index (κ2) is 8.04. The summed E-state index contributed by atoms with van der Waals surface area (Å²) in [5.41, 5.74) is 5.09. The first-order chi connectivity index (χ1) is 17.7. The Kier molecular flexibility index (Phi) is 5.10. The summed E-state index contributed by atoms with van der Waals surface area (Å²) < 4.78 is 2.28. The Hall–Kier alpha value is -3.93. The molecule has 1 aromatic heterocycles. The third-order valence-corrected chi connectivity index (χ3v) is 9.38. The van der Waals surface area contributed by atoms with Crippen LogP contribution in [0.4, 0.5) is 11.4 Å². The molecule has 2 unspecified atom stereocenters. The fraction of sp³-hybridized carbons (Fsp3) is 0.323. The number of anilines is 2. The van der Waals surface area contributed by atoms with Gasteiger partial charge in [0.15, 0.2) is 5.78 Å². The van der Waals surface area contributed by atoms with E-state index >= 15 is 0 Å². The molecule has 2 bridgehead atoms. The second-order valence-corrected chi connectivity index (χ2v) is 11.1. The monoisotopic (exact) mass is 492 g/mol. The van der Waals surface area contributed by atoms with Crippen molar-refractivity contribution in [2.24, 2.45) is 21.3 Å². The van der Waals surface area contributed by atoms with E-state index in [2.05, 4.69) is 52.5 Å². The number of hydrogen-bond donors (Lipinski definition) is 2. The van der Waals surface area contributed by atoms with E-state index in [1.165, 1.54) is 5.52 Å². The highest BCUT2D eigenvalue weighted by Crippen LogP contribution is 2.69. The van der Waals surface area contributed by atoms with Crippen LogP contribution in [0.15, 0.2) is 77.9 Å². The molecule has 6 rings (SSSR count). The lowest BCUT2D eigenvalue weighted by molar-refractivity contribution is -0.139. The second-order valence-electron chi connectivity index (χ2n) is 11.1. The lowest BCUT2D eigenvalue weighted by atomic mass is 9.64. The lowest BCUT2D eigenvalue weighted by Crippen LogP contribution is -2.47. The number of aryl methyl sites for hydroxylation is 1. The Bertz CT molecular complexity index is 1600. The third kappa shape index (κ3) is 3.02. The van der Waals surface area contributed by atoms with Crippen LogP contribution in [0.5, 0.6) is 0 Å². The Balaban J connectivity index is 1.37. The molecule has 188 valence electrons. The van der Waals surface area contributed by atoms with Crippen molar-refractivity contribution in [1.29, 1.82) is 0 Å². The summed E-state index contributed by atoms with van der Waals surface area (Å²) in [5.74, 6) is -0.412. The lowest BCUT2D eigenvalue weighted by Gasteiger charge is -2.37. The first-order valence-electron chi connectivity index (χ1n) is 13.0. The zero-order valence-corrected chi connectivity index (χ0v) is 21.8. The van der Waals surface area contributed by atoms with Crippen molar-refractivity contribution in [3.05, 3.63) is 72.8 Å². The van der Waals surface area contributed by atoms with Gasteiger partial charge in [0.05, 0.1) is 5.69 Å². The van der Waals surface area contributed by atoms with Gasteiger partial charge in [-0.15, -0.1) is 0 Å². The molecular weight excluding hydrogens is 460 g/mol. The van der Waals surface area contributed by atoms with Gasteiger partial charge in [-0.3, -0.25) is 15.0 Å².